The highest BCUT2D eigenvalue weighted by Crippen LogP contribution is 2.54. The molecule has 2 saturated heterocycles. The Morgan fingerprint density at radius 1 is 0.741 bits per heavy atom. The molecule has 0 saturated carbocycles. The van der Waals surface area contributed by atoms with Crippen LogP contribution in [-0.2, 0) is 9.47 Å². The summed E-state index contributed by atoms with van der Waals surface area (Å²) in [7, 11) is 0. The van der Waals surface area contributed by atoms with E-state index in [9.17, 15) is 5.11 Å². The van der Waals surface area contributed by atoms with Gasteiger partial charge in [-0.3, -0.25) is 0 Å². The van der Waals surface area contributed by atoms with Crippen LogP contribution in [0.15, 0.2) is 36.4 Å². The minimum absolute atomic E-state index is 0.0517. The minimum Gasteiger partial charge on any atom is -0.454 e. The van der Waals surface area contributed by atoms with E-state index >= 15 is 0 Å². The Morgan fingerprint density at radius 3 is 2.00 bits per heavy atom. The van der Waals surface area contributed by atoms with E-state index < -0.39 is 6.29 Å². The summed E-state index contributed by atoms with van der Waals surface area (Å²) in [6.07, 6.45) is -1.40. The summed E-state index contributed by atoms with van der Waals surface area (Å²) in [4.78, 5) is 0. The van der Waals surface area contributed by atoms with Crippen molar-refractivity contribution in [2.24, 2.45) is 11.8 Å². The molecule has 7 heteroatoms. The lowest BCUT2D eigenvalue weighted by Gasteiger charge is -2.20. The fraction of sp³-hybridized carbons (Fsp3) is 0.400. The lowest BCUT2D eigenvalue weighted by Crippen LogP contribution is -2.22. The number of aliphatic hydroxyl groups excluding tert-OH is 1. The molecule has 0 amide bonds. The molecule has 0 spiro atoms. The molecule has 2 aromatic carbocycles. The summed E-state index contributed by atoms with van der Waals surface area (Å²) in [5.74, 6) is 2.78. The van der Waals surface area contributed by atoms with Crippen molar-refractivity contribution in [3.63, 3.8) is 0 Å². The highest BCUT2D eigenvalue weighted by molar-refractivity contribution is 5.47. The molecule has 0 radical (unpaired) electrons. The third-order valence-corrected chi connectivity index (χ3v) is 5.77. The van der Waals surface area contributed by atoms with Crippen LogP contribution in [0.25, 0.3) is 0 Å². The largest absolute Gasteiger partial charge is 0.454 e. The average molecular weight is 370 g/mol. The molecule has 2 aromatic rings. The van der Waals surface area contributed by atoms with Gasteiger partial charge in [-0.25, -0.2) is 0 Å². The van der Waals surface area contributed by atoms with E-state index in [-0.39, 0.29) is 37.6 Å². The standard InChI is InChI=1S/C20H18O7/c21-20-17-12(18(27-20)10-1-3-13-15(5-10)25-8-23-13)7-22-19(17)11-2-4-14-16(6-11)26-9-24-14/h1-6,12,17-21H,7-9H2/t12-,17-,18+,19+,20-/m0/s1. The molecule has 1 N–H and O–H groups in total. The molecule has 4 aliphatic rings. The van der Waals surface area contributed by atoms with Gasteiger partial charge >= 0.3 is 0 Å². The van der Waals surface area contributed by atoms with Crippen molar-refractivity contribution < 1.29 is 33.5 Å². The summed E-state index contributed by atoms with van der Waals surface area (Å²) in [6, 6.07) is 11.5. The highest BCUT2D eigenvalue weighted by Gasteiger charge is 2.53. The number of aliphatic hydroxyl groups is 1. The van der Waals surface area contributed by atoms with E-state index in [2.05, 4.69) is 0 Å². The van der Waals surface area contributed by atoms with Crippen molar-refractivity contribution in [3.8, 4) is 23.0 Å². The second-order valence-electron chi connectivity index (χ2n) is 7.17. The van der Waals surface area contributed by atoms with E-state index in [1.807, 2.05) is 36.4 Å². The van der Waals surface area contributed by atoms with Crippen molar-refractivity contribution in [2.45, 2.75) is 18.5 Å². The summed E-state index contributed by atoms with van der Waals surface area (Å²) in [5.41, 5.74) is 1.92. The van der Waals surface area contributed by atoms with Gasteiger partial charge < -0.3 is 33.5 Å². The Balaban J connectivity index is 1.30. The maximum Gasteiger partial charge on any atom is 0.231 e. The predicted molar refractivity (Wildman–Crippen MR) is 90.6 cm³/mol. The SMILES string of the molecule is O[C@H]1O[C@H](c2ccc3c(c2)OCO3)[C@H]2CO[C@H](c3ccc4c(c3)OCO4)[C@H]21. The second-order valence-corrected chi connectivity index (χ2v) is 7.17. The van der Waals surface area contributed by atoms with Gasteiger partial charge in [0, 0.05) is 11.8 Å². The summed E-state index contributed by atoms with van der Waals surface area (Å²) in [6.45, 7) is 0.975. The van der Waals surface area contributed by atoms with Gasteiger partial charge in [0.15, 0.2) is 29.3 Å². The molecule has 6 rings (SSSR count). The van der Waals surface area contributed by atoms with Crippen LogP contribution in [0.5, 0.6) is 23.0 Å². The van der Waals surface area contributed by atoms with Crippen LogP contribution in [0.3, 0.4) is 0 Å². The van der Waals surface area contributed by atoms with Crippen LogP contribution in [0, 0.1) is 11.8 Å². The fourth-order valence-corrected chi connectivity index (χ4v) is 4.48. The van der Waals surface area contributed by atoms with Gasteiger partial charge in [0.25, 0.3) is 0 Å². The molecular formula is C20H18O7. The minimum atomic E-state index is -0.900. The first-order valence-corrected chi connectivity index (χ1v) is 9.02. The number of benzene rings is 2. The molecule has 0 unspecified atom stereocenters. The molecule has 4 aliphatic heterocycles. The number of hydrogen-bond acceptors (Lipinski definition) is 7. The Kier molecular flexibility index (Phi) is 3.32. The first-order valence-electron chi connectivity index (χ1n) is 9.02. The van der Waals surface area contributed by atoms with Crippen LogP contribution in [-0.4, -0.2) is 31.6 Å². The molecular weight excluding hydrogens is 352 g/mol. The Morgan fingerprint density at radius 2 is 1.33 bits per heavy atom. The molecule has 0 aromatic heterocycles. The molecule has 27 heavy (non-hydrogen) atoms. The third-order valence-electron chi connectivity index (χ3n) is 5.77. The zero-order chi connectivity index (χ0) is 18.0. The third kappa shape index (κ3) is 2.32. The Hall–Kier alpha value is -2.48. The van der Waals surface area contributed by atoms with Crippen molar-refractivity contribution in [1.29, 1.82) is 0 Å². The van der Waals surface area contributed by atoms with Gasteiger partial charge in [-0.2, -0.15) is 0 Å². The van der Waals surface area contributed by atoms with Crippen LogP contribution in [0.4, 0.5) is 0 Å². The van der Waals surface area contributed by atoms with Gasteiger partial charge in [-0.15, -0.1) is 0 Å². The molecule has 4 heterocycles. The Bertz CT molecular complexity index is 842. The van der Waals surface area contributed by atoms with Crippen molar-refractivity contribution in [3.05, 3.63) is 47.5 Å². The lowest BCUT2D eigenvalue weighted by atomic mass is 9.84. The van der Waals surface area contributed by atoms with Crippen LogP contribution in [0.1, 0.15) is 23.3 Å². The van der Waals surface area contributed by atoms with E-state index in [4.69, 9.17) is 28.4 Å². The van der Waals surface area contributed by atoms with Crippen molar-refractivity contribution in [1.82, 2.24) is 0 Å². The quantitative estimate of drug-likeness (QED) is 0.871. The lowest BCUT2D eigenvalue weighted by molar-refractivity contribution is -0.134. The molecule has 5 atom stereocenters. The van der Waals surface area contributed by atoms with Gasteiger partial charge in [0.2, 0.25) is 13.6 Å². The fourth-order valence-electron chi connectivity index (χ4n) is 4.48. The summed E-state index contributed by atoms with van der Waals surface area (Å²) in [5, 5.41) is 10.6. The molecule has 2 fully saturated rings. The van der Waals surface area contributed by atoms with Crippen LogP contribution >= 0.6 is 0 Å². The van der Waals surface area contributed by atoms with Crippen molar-refractivity contribution in [2.75, 3.05) is 20.2 Å². The van der Waals surface area contributed by atoms with Gasteiger partial charge in [0.05, 0.1) is 18.8 Å². The van der Waals surface area contributed by atoms with E-state index in [0.29, 0.717) is 18.1 Å². The maximum absolute atomic E-state index is 10.6. The zero-order valence-corrected chi connectivity index (χ0v) is 14.4. The van der Waals surface area contributed by atoms with Crippen LogP contribution in [0.2, 0.25) is 0 Å². The Labute approximate surface area is 155 Å². The van der Waals surface area contributed by atoms with Gasteiger partial charge in [-0.05, 0) is 35.4 Å². The summed E-state index contributed by atoms with van der Waals surface area (Å²) < 4.78 is 33.7. The van der Waals surface area contributed by atoms with Crippen molar-refractivity contribution >= 4 is 0 Å². The number of rotatable bonds is 2. The maximum atomic E-state index is 10.6. The van der Waals surface area contributed by atoms with E-state index in [0.717, 1.165) is 22.6 Å². The monoisotopic (exact) mass is 370 g/mol. The molecule has 7 nitrogen and oxygen atoms in total. The topological polar surface area (TPSA) is 75.6 Å². The zero-order valence-electron chi connectivity index (χ0n) is 14.4. The first kappa shape index (κ1) is 15.6. The summed E-state index contributed by atoms with van der Waals surface area (Å²) >= 11 is 0. The number of fused-ring (bicyclic) bond motifs is 3. The first-order chi connectivity index (χ1) is 13.3. The normalized spacial score (nSPS) is 32.7. The smallest absolute Gasteiger partial charge is 0.231 e. The van der Waals surface area contributed by atoms with E-state index in [1.54, 1.807) is 0 Å². The highest BCUT2D eigenvalue weighted by atomic mass is 16.7. The molecule has 0 bridgehead atoms. The predicted octanol–water partition coefficient (Wildman–Crippen LogP) is 2.54. The molecule has 140 valence electrons. The average Bonchev–Trinajstić information content (AvgIpc) is 3.45. The number of ether oxygens (including phenoxy) is 6. The second kappa shape index (κ2) is 5.76. The van der Waals surface area contributed by atoms with Gasteiger partial charge in [0.1, 0.15) is 0 Å². The van der Waals surface area contributed by atoms with Gasteiger partial charge in [-0.1, -0.05) is 12.1 Å². The molecule has 0 aliphatic carbocycles. The van der Waals surface area contributed by atoms with E-state index in [1.165, 1.54) is 0 Å². The number of hydrogen-bond donors (Lipinski definition) is 1. The van der Waals surface area contributed by atoms with Crippen LogP contribution < -0.4 is 18.9 Å².